The van der Waals surface area contributed by atoms with Crippen molar-refractivity contribution in [1.29, 1.82) is 0 Å². The van der Waals surface area contributed by atoms with Crippen LogP contribution in [0.4, 0.5) is 5.69 Å². The maximum Gasteiger partial charge on any atom is 0.139 e. The highest BCUT2D eigenvalue weighted by Crippen LogP contribution is 2.59. The molecule has 3 aliphatic rings. The highest BCUT2D eigenvalue weighted by Gasteiger charge is 2.54. The van der Waals surface area contributed by atoms with Crippen LogP contribution in [0.3, 0.4) is 0 Å². The van der Waals surface area contributed by atoms with Crippen LogP contribution in [0, 0.1) is 17.3 Å². The van der Waals surface area contributed by atoms with Gasteiger partial charge in [0, 0.05) is 23.1 Å². The van der Waals surface area contributed by atoms with Gasteiger partial charge in [-0.1, -0.05) is 19.1 Å². The summed E-state index contributed by atoms with van der Waals surface area (Å²) in [5.41, 5.74) is 10.5. The van der Waals surface area contributed by atoms with Gasteiger partial charge < -0.3 is 10.8 Å². The minimum Gasteiger partial charge on any atom is -0.398 e. The summed E-state index contributed by atoms with van der Waals surface area (Å²) < 4.78 is 0. The Morgan fingerprint density at radius 3 is 2.86 bits per heavy atom. The Balaban J connectivity index is 1.73. The summed E-state index contributed by atoms with van der Waals surface area (Å²) >= 11 is 0. The number of hydrogen-bond acceptors (Lipinski definition) is 3. The number of Topliss-reactive ketones (excluding diaryl/α,β-unsaturated/α-hetero) is 1. The van der Waals surface area contributed by atoms with Gasteiger partial charge in [0.1, 0.15) is 5.78 Å². The number of benzene rings is 1. The third-order valence-corrected chi connectivity index (χ3v) is 6.93. The lowest BCUT2D eigenvalue weighted by Gasteiger charge is -2.48. The first-order valence-electron chi connectivity index (χ1n) is 8.60. The van der Waals surface area contributed by atoms with Crippen molar-refractivity contribution >= 4 is 11.5 Å². The molecule has 0 amide bonds. The van der Waals surface area contributed by atoms with Gasteiger partial charge in [0.25, 0.3) is 0 Å². The predicted octanol–water partition coefficient (Wildman–Crippen LogP) is 3.19. The van der Waals surface area contributed by atoms with Crippen molar-refractivity contribution in [2.24, 2.45) is 17.3 Å². The van der Waals surface area contributed by atoms with Crippen LogP contribution in [0.15, 0.2) is 12.1 Å². The quantitative estimate of drug-likeness (QED) is 0.783. The van der Waals surface area contributed by atoms with Crippen LogP contribution < -0.4 is 5.73 Å². The van der Waals surface area contributed by atoms with E-state index in [0.29, 0.717) is 23.5 Å². The van der Waals surface area contributed by atoms with Crippen molar-refractivity contribution in [2.75, 3.05) is 5.73 Å². The summed E-state index contributed by atoms with van der Waals surface area (Å²) in [4.78, 5) is 12.3. The summed E-state index contributed by atoms with van der Waals surface area (Å²) in [6.07, 6.45) is 6.13. The number of carbonyl (C=O) groups excluding carboxylic acids is 1. The SMILES string of the molecule is CC12CCC3c4ccc(CO)c(N)c4CCC3C1CCC2=O. The Kier molecular flexibility index (Phi) is 3.12. The summed E-state index contributed by atoms with van der Waals surface area (Å²) in [5.74, 6) is 2.25. The Bertz CT molecular complexity index is 639. The molecule has 2 saturated carbocycles. The van der Waals surface area contributed by atoms with Gasteiger partial charge in [-0.3, -0.25) is 4.79 Å². The number of aliphatic hydroxyl groups is 1. The van der Waals surface area contributed by atoms with E-state index < -0.39 is 0 Å². The first-order chi connectivity index (χ1) is 10.6. The zero-order valence-corrected chi connectivity index (χ0v) is 13.3. The van der Waals surface area contributed by atoms with Gasteiger partial charge in [-0.25, -0.2) is 0 Å². The van der Waals surface area contributed by atoms with Gasteiger partial charge in [0.15, 0.2) is 0 Å². The van der Waals surface area contributed by atoms with Crippen molar-refractivity contribution < 1.29 is 9.90 Å². The molecule has 0 bridgehead atoms. The van der Waals surface area contributed by atoms with Crippen LogP contribution in [0.5, 0.6) is 0 Å². The van der Waals surface area contributed by atoms with Crippen LogP contribution in [0.1, 0.15) is 61.6 Å². The maximum atomic E-state index is 12.3. The van der Waals surface area contributed by atoms with E-state index >= 15 is 0 Å². The van der Waals surface area contributed by atoms with Gasteiger partial charge >= 0.3 is 0 Å². The molecular weight excluding hydrogens is 274 g/mol. The van der Waals surface area contributed by atoms with E-state index in [1.165, 1.54) is 11.1 Å². The fourth-order valence-electron chi connectivity index (χ4n) is 5.65. The van der Waals surface area contributed by atoms with E-state index in [-0.39, 0.29) is 12.0 Å². The number of carbonyl (C=O) groups is 1. The van der Waals surface area contributed by atoms with E-state index in [9.17, 15) is 9.90 Å². The molecule has 3 aliphatic carbocycles. The van der Waals surface area contributed by atoms with Gasteiger partial charge in [-0.2, -0.15) is 0 Å². The van der Waals surface area contributed by atoms with Crippen molar-refractivity contribution in [1.82, 2.24) is 0 Å². The van der Waals surface area contributed by atoms with Crippen LogP contribution >= 0.6 is 0 Å². The average molecular weight is 299 g/mol. The zero-order valence-electron chi connectivity index (χ0n) is 13.3. The number of rotatable bonds is 1. The molecule has 4 unspecified atom stereocenters. The molecule has 1 aromatic carbocycles. The molecule has 3 heteroatoms. The van der Waals surface area contributed by atoms with Crippen LogP contribution in [0.25, 0.3) is 0 Å². The van der Waals surface area contributed by atoms with Crippen molar-refractivity contribution in [3.05, 3.63) is 28.8 Å². The predicted molar refractivity (Wildman–Crippen MR) is 86.4 cm³/mol. The number of anilines is 1. The third-order valence-electron chi connectivity index (χ3n) is 6.93. The Hall–Kier alpha value is -1.35. The molecule has 1 aromatic rings. The number of nitrogen functional groups attached to an aromatic ring is 1. The second-order valence-electron chi connectivity index (χ2n) is 7.70. The molecule has 118 valence electrons. The molecule has 4 atom stereocenters. The van der Waals surface area contributed by atoms with Crippen LogP contribution in [-0.4, -0.2) is 10.9 Å². The van der Waals surface area contributed by atoms with E-state index in [1.807, 2.05) is 6.07 Å². The Labute approximate surface area is 131 Å². The number of nitrogens with two attached hydrogens (primary N) is 1. The molecule has 0 aromatic heterocycles. The second kappa shape index (κ2) is 4.82. The molecule has 0 radical (unpaired) electrons. The lowest BCUT2D eigenvalue weighted by atomic mass is 9.55. The number of fused-ring (bicyclic) bond motifs is 5. The Morgan fingerprint density at radius 2 is 2.09 bits per heavy atom. The van der Waals surface area contributed by atoms with Crippen molar-refractivity contribution in [3.8, 4) is 0 Å². The van der Waals surface area contributed by atoms with Gasteiger partial charge in [0.2, 0.25) is 0 Å². The molecule has 3 N–H and O–H groups in total. The standard InChI is InChI=1S/C19H25NO2/c1-19-9-8-13-12-3-2-11(10-21)18(20)15(12)5-4-14(13)16(19)6-7-17(19)22/h2-3,13-14,16,21H,4-10,20H2,1H3. The fraction of sp³-hybridized carbons (Fsp3) is 0.632. The second-order valence-corrected chi connectivity index (χ2v) is 7.70. The van der Waals surface area contributed by atoms with Crippen LogP contribution in [-0.2, 0) is 17.8 Å². The molecule has 0 aliphatic heterocycles. The molecule has 22 heavy (non-hydrogen) atoms. The monoisotopic (exact) mass is 299 g/mol. The van der Waals surface area contributed by atoms with E-state index in [4.69, 9.17) is 5.73 Å². The minimum atomic E-state index is -0.0603. The summed E-state index contributed by atoms with van der Waals surface area (Å²) in [6.45, 7) is 2.23. The van der Waals surface area contributed by atoms with Crippen molar-refractivity contribution in [2.45, 2.75) is 58.0 Å². The third kappa shape index (κ3) is 1.75. The molecule has 0 heterocycles. The molecular formula is C19H25NO2. The van der Waals surface area contributed by atoms with E-state index in [1.54, 1.807) is 0 Å². The largest absolute Gasteiger partial charge is 0.398 e. The molecule has 2 fully saturated rings. The maximum absolute atomic E-state index is 12.3. The first kappa shape index (κ1) is 14.3. The molecule has 4 rings (SSSR count). The highest BCUT2D eigenvalue weighted by atomic mass is 16.3. The topological polar surface area (TPSA) is 63.3 Å². The van der Waals surface area contributed by atoms with Crippen molar-refractivity contribution in [3.63, 3.8) is 0 Å². The van der Waals surface area contributed by atoms with Gasteiger partial charge in [-0.15, -0.1) is 0 Å². The lowest BCUT2D eigenvalue weighted by molar-refractivity contribution is -0.129. The molecule has 3 nitrogen and oxygen atoms in total. The number of hydrogen-bond donors (Lipinski definition) is 2. The summed E-state index contributed by atoms with van der Waals surface area (Å²) in [5, 5.41) is 9.42. The summed E-state index contributed by atoms with van der Waals surface area (Å²) in [6, 6.07) is 4.18. The van der Waals surface area contributed by atoms with Gasteiger partial charge in [-0.05, 0) is 61.0 Å². The smallest absolute Gasteiger partial charge is 0.139 e. The average Bonchev–Trinajstić information content (AvgIpc) is 2.83. The number of aliphatic hydroxyl groups excluding tert-OH is 1. The molecule has 0 saturated heterocycles. The first-order valence-corrected chi connectivity index (χ1v) is 8.60. The minimum absolute atomic E-state index is 0.0163. The summed E-state index contributed by atoms with van der Waals surface area (Å²) in [7, 11) is 0. The number of ketones is 1. The normalized spacial score (nSPS) is 36.6. The zero-order chi connectivity index (χ0) is 15.5. The highest BCUT2D eigenvalue weighted by molar-refractivity contribution is 5.87. The van der Waals surface area contributed by atoms with E-state index in [2.05, 4.69) is 13.0 Å². The lowest BCUT2D eigenvalue weighted by Crippen LogP contribution is -2.42. The molecule has 0 spiro atoms. The van der Waals surface area contributed by atoms with E-state index in [0.717, 1.165) is 49.8 Å². The fourth-order valence-corrected chi connectivity index (χ4v) is 5.65. The van der Waals surface area contributed by atoms with Gasteiger partial charge in [0.05, 0.1) is 6.61 Å². The Morgan fingerprint density at radius 1 is 1.27 bits per heavy atom. The van der Waals surface area contributed by atoms with Crippen LogP contribution in [0.2, 0.25) is 0 Å².